The summed E-state index contributed by atoms with van der Waals surface area (Å²) in [6, 6.07) is 65.2. The number of anilines is 4. The number of thiophene rings is 1. The third-order valence-electron chi connectivity index (χ3n) is 10.6. The van der Waals surface area contributed by atoms with Crippen LogP contribution in [0.4, 0.5) is 22.7 Å². The maximum absolute atomic E-state index is 4.61. The zero-order valence-electron chi connectivity index (χ0n) is 30.1. The summed E-state index contributed by atoms with van der Waals surface area (Å²) >= 11 is 1.85. The molecule has 8 aromatic carbocycles. The SMILES string of the molecule is C=C1/C=C(c2ccc(Nc3ccc(-c4ccccc4)cc3)c(-c3ccc4c(c3)sc3ccccc34)c2)\C=C/N(c2cccc3ccccc23)c2ccccc21. The first-order valence-electron chi connectivity index (χ1n) is 18.6. The van der Waals surface area contributed by atoms with E-state index in [1.165, 1.54) is 47.6 Å². The summed E-state index contributed by atoms with van der Waals surface area (Å²) in [6.07, 6.45) is 6.66. The van der Waals surface area contributed by atoms with Crippen LogP contribution in [0.1, 0.15) is 11.1 Å². The first-order valence-corrected chi connectivity index (χ1v) is 19.4. The van der Waals surface area contributed by atoms with Crippen LogP contribution in [0.3, 0.4) is 0 Å². The van der Waals surface area contributed by atoms with Crippen molar-refractivity contribution in [1.29, 1.82) is 0 Å². The van der Waals surface area contributed by atoms with E-state index < -0.39 is 0 Å². The van der Waals surface area contributed by atoms with Crippen LogP contribution in [0, 0.1) is 0 Å². The van der Waals surface area contributed by atoms with E-state index in [0.717, 1.165) is 50.6 Å². The molecule has 3 heteroatoms. The Balaban J connectivity index is 1.09. The van der Waals surface area contributed by atoms with Crippen LogP contribution in [-0.4, -0.2) is 0 Å². The second-order valence-corrected chi connectivity index (χ2v) is 15.0. The largest absolute Gasteiger partial charge is 0.355 e. The van der Waals surface area contributed by atoms with Crippen molar-refractivity contribution in [1.82, 2.24) is 0 Å². The van der Waals surface area contributed by atoms with Gasteiger partial charge in [-0.25, -0.2) is 0 Å². The smallest absolute Gasteiger partial charge is 0.0534 e. The van der Waals surface area contributed by atoms with Crippen LogP contribution in [-0.2, 0) is 0 Å². The van der Waals surface area contributed by atoms with Gasteiger partial charge in [-0.15, -0.1) is 11.3 Å². The summed E-state index contributed by atoms with van der Waals surface area (Å²) < 4.78 is 2.59. The maximum Gasteiger partial charge on any atom is 0.0534 e. The van der Waals surface area contributed by atoms with Crippen LogP contribution in [0.25, 0.3) is 64.3 Å². The predicted molar refractivity (Wildman–Crippen MR) is 239 cm³/mol. The van der Waals surface area contributed by atoms with E-state index in [2.05, 4.69) is 217 Å². The van der Waals surface area contributed by atoms with Crippen molar-refractivity contribution in [3.05, 3.63) is 218 Å². The highest BCUT2D eigenvalue weighted by atomic mass is 32.1. The molecule has 2 heterocycles. The van der Waals surface area contributed by atoms with E-state index in [1.54, 1.807) is 0 Å². The number of fused-ring (bicyclic) bond motifs is 5. The van der Waals surface area contributed by atoms with E-state index in [0.29, 0.717) is 0 Å². The van der Waals surface area contributed by atoms with Gasteiger partial charge in [-0.1, -0.05) is 140 Å². The van der Waals surface area contributed by atoms with Crippen LogP contribution in [0.2, 0.25) is 0 Å². The summed E-state index contributed by atoms with van der Waals surface area (Å²) in [6.45, 7) is 4.61. The van der Waals surface area contributed by atoms with Gasteiger partial charge in [0.1, 0.15) is 0 Å². The first-order chi connectivity index (χ1) is 27.2. The van der Waals surface area contributed by atoms with Gasteiger partial charge in [-0.05, 0) is 99.5 Å². The van der Waals surface area contributed by atoms with Gasteiger partial charge in [0.05, 0.1) is 11.4 Å². The van der Waals surface area contributed by atoms with Crippen LogP contribution in [0.5, 0.6) is 0 Å². The maximum atomic E-state index is 4.61. The van der Waals surface area contributed by atoms with E-state index in [1.807, 2.05) is 11.3 Å². The highest BCUT2D eigenvalue weighted by Crippen LogP contribution is 2.42. The molecule has 1 N–H and O–H groups in total. The summed E-state index contributed by atoms with van der Waals surface area (Å²) in [5.41, 5.74) is 13.3. The standard InChI is InChI=1S/C52H36N2S/c1-35-32-40(30-31-54(49-19-9-7-16-43(35)49)50-20-11-15-38-14-5-6-17-44(38)50)39-25-29-48(53-42-26-22-37(23-27-42)36-12-3-2-4-13-36)47(33-39)41-24-28-46-45-18-8-10-21-51(45)55-52(46)34-41/h2-34,53H,1H2/b31-30-,40-32+. The Hall–Kier alpha value is -6.94. The molecule has 0 aliphatic carbocycles. The number of hydrogen-bond acceptors (Lipinski definition) is 3. The van der Waals surface area contributed by atoms with Gasteiger partial charge >= 0.3 is 0 Å². The van der Waals surface area contributed by atoms with E-state index in [-0.39, 0.29) is 0 Å². The summed E-state index contributed by atoms with van der Waals surface area (Å²) in [4.78, 5) is 2.31. The van der Waals surface area contributed by atoms with Crippen molar-refractivity contribution in [2.45, 2.75) is 0 Å². The molecule has 0 fully saturated rings. The zero-order chi connectivity index (χ0) is 36.7. The van der Waals surface area contributed by atoms with E-state index >= 15 is 0 Å². The van der Waals surface area contributed by atoms with Gasteiger partial charge in [0.15, 0.2) is 0 Å². The molecule has 0 atom stereocenters. The van der Waals surface area contributed by atoms with Crippen molar-refractivity contribution in [2.75, 3.05) is 10.2 Å². The summed E-state index contributed by atoms with van der Waals surface area (Å²) in [7, 11) is 0. The van der Waals surface area contributed by atoms with E-state index in [9.17, 15) is 0 Å². The first kappa shape index (κ1) is 32.7. The molecule has 0 radical (unpaired) electrons. The lowest BCUT2D eigenvalue weighted by molar-refractivity contribution is 1.28. The third kappa shape index (κ3) is 6.11. The fourth-order valence-electron chi connectivity index (χ4n) is 7.81. The van der Waals surface area contributed by atoms with Crippen molar-refractivity contribution >= 4 is 76.2 Å². The van der Waals surface area contributed by atoms with Gasteiger partial charge in [0.2, 0.25) is 0 Å². The highest BCUT2D eigenvalue weighted by molar-refractivity contribution is 7.25. The monoisotopic (exact) mass is 720 g/mol. The van der Waals surface area contributed by atoms with Crippen molar-refractivity contribution in [3.63, 3.8) is 0 Å². The molecule has 1 aromatic heterocycles. The quantitative estimate of drug-likeness (QED) is 0.184. The Morgan fingerprint density at radius 1 is 0.473 bits per heavy atom. The minimum atomic E-state index is 0.967. The Bertz CT molecular complexity index is 2960. The minimum Gasteiger partial charge on any atom is -0.355 e. The molecule has 55 heavy (non-hydrogen) atoms. The molecule has 0 unspecified atom stereocenters. The number of rotatable bonds is 6. The minimum absolute atomic E-state index is 0.967. The van der Waals surface area contributed by atoms with Crippen molar-refractivity contribution < 1.29 is 0 Å². The van der Waals surface area contributed by atoms with Crippen molar-refractivity contribution in [2.24, 2.45) is 0 Å². The lowest BCUT2D eigenvalue weighted by Gasteiger charge is -2.27. The molecule has 9 aromatic rings. The molecule has 1 aliphatic rings. The molecule has 10 rings (SSSR count). The molecule has 1 aliphatic heterocycles. The summed E-state index contributed by atoms with van der Waals surface area (Å²) in [5.74, 6) is 0. The number of benzene rings is 8. The lowest BCUT2D eigenvalue weighted by Crippen LogP contribution is -2.12. The molecular formula is C52H36N2S. The summed E-state index contributed by atoms with van der Waals surface area (Å²) in [5, 5.41) is 8.79. The number of nitrogens with one attached hydrogen (secondary N) is 1. The number of hydrogen-bond donors (Lipinski definition) is 1. The molecule has 0 saturated carbocycles. The topological polar surface area (TPSA) is 15.3 Å². The van der Waals surface area contributed by atoms with Crippen LogP contribution < -0.4 is 10.2 Å². The number of nitrogens with zero attached hydrogens (tertiary/aromatic N) is 1. The third-order valence-corrected chi connectivity index (χ3v) is 11.7. The Kier molecular flexibility index (Phi) is 8.20. The Labute approximate surface area is 325 Å². The molecular weight excluding hydrogens is 685 g/mol. The zero-order valence-corrected chi connectivity index (χ0v) is 30.9. The van der Waals surface area contributed by atoms with Gasteiger partial charge < -0.3 is 10.2 Å². The van der Waals surface area contributed by atoms with Gasteiger partial charge in [0, 0.05) is 54.3 Å². The number of allylic oxidation sites excluding steroid dienone is 4. The Morgan fingerprint density at radius 3 is 2.04 bits per heavy atom. The van der Waals surface area contributed by atoms with Crippen LogP contribution >= 0.6 is 11.3 Å². The molecule has 0 spiro atoms. The average molecular weight is 721 g/mol. The molecule has 0 saturated heterocycles. The molecule has 2 nitrogen and oxygen atoms in total. The molecule has 0 amide bonds. The highest BCUT2D eigenvalue weighted by Gasteiger charge is 2.19. The fourth-order valence-corrected chi connectivity index (χ4v) is 8.95. The van der Waals surface area contributed by atoms with Gasteiger partial charge in [-0.2, -0.15) is 0 Å². The Morgan fingerprint density at radius 2 is 1.15 bits per heavy atom. The number of para-hydroxylation sites is 1. The molecule has 0 bridgehead atoms. The van der Waals surface area contributed by atoms with Gasteiger partial charge in [-0.3, -0.25) is 0 Å². The second kappa shape index (κ2) is 13.8. The predicted octanol–water partition coefficient (Wildman–Crippen LogP) is 15.0. The second-order valence-electron chi connectivity index (χ2n) is 14.0. The fraction of sp³-hybridized carbons (Fsp3) is 0. The van der Waals surface area contributed by atoms with Gasteiger partial charge in [0.25, 0.3) is 0 Å². The van der Waals surface area contributed by atoms with Crippen molar-refractivity contribution in [3.8, 4) is 22.3 Å². The normalized spacial score (nSPS) is 14.3. The molecule has 260 valence electrons. The lowest BCUT2D eigenvalue weighted by atomic mass is 9.93. The average Bonchev–Trinajstić information content (AvgIpc) is 3.61. The van der Waals surface area contributed by atoms with E-state index in [4.69, 9.17) is 0 Å². The van der Waals surface area contributed by atoms with Crippen LogP contribution in [0.15, 0.2) is 207 Å².